The first-order valence-corrected chi connectivity index (χ1v) is 12.8. The van der Waals surface area contributed by atoms with Crippen LogP contribution < -0.4 is 4.90 Å². The number of para-hydroxylation sites is 4. The Labute approximate surface area is 199 Å². The number of nitrogens with zero attached hydrogens (tertiary/aromatic N) is 2. The summed E-state index contributed by atoms with van der Waals surface area (Å²) in [5, 5.41) is 1.36. The third kappa shape index (κ3) is 4.06. The predicted molar refractivity (Wildman–Crippen MR) is 140 cm³/mol. The van der Waals surface area contributed by atoms with Gasteiger partial charge in [0.05, 0.1) is 16.5 Å². The number of anilines is 3. The van der Waals surface area contributed by atoms with E-state index in [9.17, 15) is 13.0 Å². The number of aryl methyl sites for hydroxylation is 1. The van der Waals surface area contributed by atoms with E-state index in [2.05, 4.69) is 64.1 Å². The summed E-state index contributed by atoms with van der Waals surface area (Å²) >= 11 is 0. The fourth-order valence-corrected chi connectivity index (χ4v) is 4.95. The Morgan fingerprint density at radius 1 is 0.765 bits per heavy atom. The van der Waals surface area contributed by atoms with Crippen LogP contribution in [0.1, 0.15) is 13.3 Å². The Morgan fingerprint density at radius 3 is 1.94 bits per heavy atom. The smallest absolute Gasteiger partial charge is 0.267 e. The molecule has 172 valence electrons. The van der Waals surface area contributed by atoms with Crippen LogP contribution in [0.15, 0.2) is 103 Å². The summed E-state index contributed by atoms with van der Waals surface area (Å²) in [6.07, 6.45) is 0.303. The molecule has 4 aromatic carbocycles. The summed E-state index contributed by atoms with van der Waals surface area (Å²) in [6, 6.07) is 34.9. The summed E-state index contributed by atoms with van der Waals surface area (Å²) in [6.45, 7) is 2.00. The Hall–Kier alpha value is -3.61. The van der Waals surface area contributed by atoms with Crippen LogP contribution in [0.3, 0.4) is 0 Å². The van der Waals surface area contributed by atoms with E-state index in [1.54, 1.807) is 6.92 Å². The number of aromatic nitrogens is 1. The number of fused-ring (bicyclic) bond motifs is 3. The van der Waals surface area contributed by atoms with E-state index >= 15 is 0 Å². The minimum absolute atomic E-state index is 0.303. The Kier molecular flexibility index (Phi) is 5.86. The highest BCUT2D eigenvalue weighted by molar-refractivity contribution is 7.86. The van der Waals surface area contributed by atoms with Gasteiger partial charge in [-0.2, -0.15) is 8.42 Å². The Bertz CT molecular complexity index is 1510. The first kappa shape index (κ1) is 22.2. The summed E-state index contributed by atoms with van der Waals surface area (Å²) in [7, 11) is -4.10. The highest BCUT2D eigenvalue weighted by Crippen LogP contribution is 2.42. The number of rotatable bonds is 7. The molecular formula is C28H26N2O3S. The molecule has 0 saturated carbocycles. The topological polar surface area (TPSA) is 62.5 Å². The molecule has 5 aromatic rings. The van der Waals surface area contributed by atoms with Crippen molar-refractivity contribution in [2.45, 2.75) is 25.1 Å². The van der Waals surface area contributed by atoms with Crippen molar-refractivity contribution >= 4 is 49.0 Å². The molecular weight excluding hydrogens is 444 g/mol. The van der Waals surface area contributed by atoms with Crippen molar-refractivity contribution in [1.29, 1.82) is 0 Å². The van der Waals surface area contributed by atoms with E-state index in [4.69, 9.17) is 0 Å². The number of hydrogen-bond acceptors (Lipinski definition) is 3. The molecule has 0 aliphatic rings. The van der Waals surface area contributed by atoms with Crippen LogP contribution in [0, 0.1) is 0 Å². The fraction of sp³-hybridized carbons (Fsp3) is 0.143. The average molecular weight is 471 g/mol. The summed E-state index contributed by atoms with van der Waals surface area (Å²) in [5.41, 5.74) is 5.13. The van der Waals surface area contributed by atoms with Gasteiger partial charge >= 0.3 is 0 Å². The lowest BCUT2D eigenvalue weighted by atomic mass is 10.1. The van der Waals surface area contributed by atoms with Gasteiger partial charge in [-0.1, -0.05) is 66.7 Å². The van der Waals surface area contributed by atoms with Crippen molar-refractivity contribution in [1.82, 2.24) is 4.57 Å². The molecule has 0 saturated heterocycles. The number of hydrogen-bond donors (Lipinski definition) is 1. The average Bonchev–Trinajstić information content (AvgIpc) is 3.18. The van der Waals surface area contributed by atoms with Crippen LogP contribution in [-0.2, 0) is 16.7 Å². The molecule has 0 spiro atoms. The second-order valence-electron chi connectivity index (χ2n) is 8.46. The monoisotopic (exact) mass is 470 g/mol. The first-order valence-electron chi connectivity index (χ1n) is 11.3. The molecule has 1 unspecified atom stereocenters. The van der Waals surface area contributed by atoms with Crippen LogP contribution >= 0.6 is 0 Å². The molecule has 1 heterocycles. The molecule has 1 atom stereocenters. The molecule has 34 heavy (non-hydrogen) atoms. The molecule has 6 heteroatoms. The third-order valence-corrected chi connectivity index (χ3v) is 7.56. The fourth-order valence-electron chi connectivity index (χ4n) is 4.54. The molecule has 1 N–H and O–H groups in total. The minimum atomic E-state index is -4.10. The van der Waals surface area contributed by atoms with Gasteiger partial charge in [0.25, 0.3) is 10.1 Å². The highest BCUT2D eigenvalue weighted by atomic mass is 32.2. The van der Waals surface area contributed by atoms with Crippen molar-refractivity contribution in [3.8, 4) is 0 Å². The van der Waals surface area contributed by atoms with Crippen LogP contribution in [0.25, 0.3) is 21.8 Å². The summed E-state index contributed by atoms with van der Waals surface area (Å²) in [4.78, 5) is 2.23. The van der Waals surface area contributed by atoms with E-state index in [0.29, 0.717) is 13.0 Å². The molecule has 0 aliphatic heterocycles. The van der Waals surface area contributed by atoms with Gasteiger partial charge in [-0.25, -0.2) is 0 Å². The quantitative estimate of drug-likeness (QED) is 0.262. The van der Waals surface area contributed by atoms with E-state index in [-0.39, 0.29) is 0 Å². The molecule has 1 aromatic heterocycles. The molecule has 0 amide bonds. The standard InChI is InChI=1S/C28H26N2O3S/c1-21(34(31,32)33)19-20-29-26-17-9-8-15-24(26)25-16-10-18-27(28(25)29)30(22-11-4-2-5-12-22)23-13-6-3-7-14-23/h2-18,21H,19-20H2,1H3,(H,31,32,33). The van der Waals surface area contributed by atoms with Crippen molar-refractivity contribution < 1.29 is 13.0 Å². The van der Waals surface area contributed by atoms with Gasteiger partial charge in [-0.15, -0.1) is 0 Å². The maximum Gasteiger partial charge on any atom is 0.267 e. The lowest BCUT2D eigenvalue weighted by molar-refractivity contribution is 0.462. The lowest BCUT2D eigenvalue weighted by Crippen LogP contribution is -2.19. The van der Waals surface area contributed by atoms with Crippen LogP contribution in [0.4, 0.5) is 17.1 Å². The van der Waals surface area contributed by atoms with Crippen LogP contribution in [-0.4, -0.2) is 22.8 Å². The Morgan fingerprint density at radius 2 is 1.32 bits per heavy atom. The van der Waals surface area contributed by atoms with E-state index in [1.807, 2.05) is 48.5 Å². The van der Waals surface area contributed by atoms with E-state index < -0.39 is 15.4 Å². The zero-order chi connectivity index (χ0) is 23.7. The van der Waals surface area contributed by atoms with Crippen molar-refractivity contribution in [2.24, 2.45) is 0 Å². The van der Waals surface area contributed by atoms with E-state index in [0.717, 1.165) is 38.9 Å². The molecule has 5 rings (SSSR count). The molecule has 0 aliphatic carbocycles. The summed E-state index contributed by atoms with van der Waals surface area (Å²) < 4.78 is 35.1. The van der Waals surface area contributed by atoms with Gasteiger partial charge in [0.1, 0.15) is 0 Å². The van der Waals surface area contributed by atoms with Crippen molar-refractivity contribution in [3.63, 3.8) is 0 Å². The predicted octanol–water partition coefficient (Wildman–Crippen LogP) is 6.93. The van der Waals surface area contributed by atoms with Crippen molar-refractivity contribution in [3.05, 3.63) is 103 Å². The second-order valence-corrected chi connectivity index (χ2v) is 10.3. The maximum atomic E-state index is 11.7. The number of benzene rings is 4. The minimum Gasteiger partial charge on any atom is -0.339 e. The summed E-state index contributed by atoms with van der Waals surface area (Å²) in [5.74, 6) is 0. The second kappa shape index (κ2) is 8.97. The molecule has 0 fully saturated rings. The van der Waals surface area contributed by atoms with Crippen LogP contribution in [0.5, 0.6) is 0 Å². The van der Waals surface area contributed by atoms with Gasteiger partial charge in [0, 0.05) is 34.2 Å². The van der Waals surface area contributed by atoms with Gasteiger partial charge in [0.2, 0.25) is 0 Å². The van der Waals surface area contributed by atoms with E-state index in [1.165, 1.54) is 0 Å². The van der Waals surface area contributed by atoms with Crippen LogP contribution in [0.2, 0.25) is 0 Å². The normalized spacial score (nSPS) is 12.8. The van der Waals surface area contributed by atoms with Gasteiger partial charge in [0.15, 0.2) is 0 Å². The zero-order valence-electron chi connectivity index (χ0n) is 18.9. The largest absolute Gasteiger partial charge is 0.339 e. The molecule has 5 nitrogen and oxygen atoms in total. The first-order chi connectivity index (χ1) is 16.4. The van der Waals surface area contributed by atoms with Gasteiger partial charge < -0.3 is 9.47 Å². The molecule has 0 radical (unpaired) electrons. The maximum absolute atomic E-state index is 11.7. The zero-order valence-corrected chi connectivity index (χ0v) is 19.7. The highest BCUT2D eigenvalue weighted by Gasteiger charge is 2.22. The SMILES string of the molecule is CC(CCn1c2ccccc2c2cccc(N(c3ccccc3)c3ccccc3)c21)S(=O)(=O)O. The van der Waals surface area contributed by atoms with Crippen molar-refractivity contribution in [2.75, 3.05) is 4.90 Å². The van der Waals surface area contributed by atoms with Gasteiger partial charge in [-0.3, -0.25) is 4.55 Å². The molecule has 0 bridgehead atoms. The lowest BCUT2D eigenvalue weighted by Gasteiger charge is -2.27. The van der Waals surface area contributed by atoms with Gasteiger partial charge in [-0.05, 0) is 49.7 Å². The third-order valence-electron chi connectivity index (χ3n) is 6.31. The Balaban J connectivity index is 1.77.